The Morgan fingerprint density at radius 2 is 2.27 bits per heavy atom. The van der Waals surface area contributed by atoms with Gasteiger partial charge in [-0.3, -0.25) is 4.79 Å². The fourth-order valence-corrected chi connectivity index (χ4v) is 0.737. The molecule has 11 heavy (non-hydrogen) atoms. The number of esters is 1. The molecule has 0 radical (unpaired) electrons. The molecule has 66 valence electrons. The van der Waals surface area contributed by atoms with Crippen molar-refractivity contribution < 1.29 is 14.6 Å². The molecule has 1 N–H and O–H groups in total. The predicted octanol–water partition coefficient (Wildman–Crippen LogP) is 1.10. The Labute approximate surface area is 67.4 Å². The first kappa shape index (κ1) is 10.4. The highest BCUT2D eigenvalue weighted by molar-refractivity contribution is 5.65. The molecule has 0 aliphatic carbocycles. The lowest BCUT2D eigenvalue weighted by Gasteiger charge is -2.08. The second-order valence-electron chi connectivity index (χ2n) is 2.60. The number of carbonyl (C=O) groups excluding carboxylic acids is 1. The molecule has 3 heteroatoms. The maximum absolute atomic E-state index is 10.3. The summed E-state index contributed by atoms with van der Waals surface area (Å²) in [5.41, 5.74) is 0. The number of rotatable bonds is 5. The van der Waals surface area contributed by atoms with Gasteiger partial charge in [0.05, 0.1) is 6.10 Å². The average Bonchev–Trinajstić information content (AvgIpc) is 1.97. The Hall–Kier alpha value is -0.570. The molecule has 0 aliphatic rings. The van der Waals surface area contributed by atoms with Gasteiger partial charge in [0.15, 0.2) is 0 Å². The normalized spacial score (nSPS) is 12.6. The smallest absolute Gasteiger partial charge is 0.302 e. The molecule has 0 amide bonds. The number of aliphatic hydroxyl groups is 1. The van der Waals surface area contributed by atoms with E-state index in [-0.39, 0.29) is 12.6 Å². The molecule has 0 aromatic rings. The van der Waals surface area contributed by atoms with Gasteiger partial charge in [0.25, 0.3) is 0 Å². The van der Waals surface area contributed by atoms with Crippen molar-refractivity contribution in [3.05, 3.63) is 0 Å². The lowest BCUT2D eigenvalue weighted by atomic mass is 10.2. The van der Waals surface area contributed by atoms with Crippen molar-refractivity contribution >= 4 is 5.97 Å². The van der Waals surface area contributed by atoms with E-state index in [9.17, 15) is 4.79 Å². The molecule has 0 fully saturated rings. The van der Waals surface area contributed by atoms with Crippen molar-refractivity contribution in [1.82, 2.24) is 0 Å². The minimum atomic E-state index is -0.487. The van der Waals surface area contributed by atoms with Gasteiger partial charge in [-0.25, -0.2) is 0 Å². The number of unbranched alkanes of at least 4 members (excludes halogenated alkanes) is 1. The molecule has 0 saturated carbocycles. The highest BCUT2D eigenvalue weighted by Crippen LogP contribution is 2.00. The summed E-state index contributed by atoms with van der Waals surface area (Å²) in [7, 11) is 0. The first-order valence-corrected chi connectivity index (χ1v) is 3.98. The lowest BCUT2D eigenvalue weighted by Crippen LogP contribution is -2.16. The second kappa shape index (κ2) is 6.16. The summed E-state index contributed by atoms with van der Waals surface area (Å²) in [5.74, 6) is -0.333. The molecule has 0 bridgehead atoms. The standard InChI is InChI=1S/C8H16O3/c1-3-4-5-8(10)6-11-7(2)9/h8,10H,3-6H2,1-2H3/t8-/m1/s1. The van der Waals surface area contributed by atoms with Crippen LogP contribution >= 0.6 is 0 Å². The Morgan fingerprint density at radius 3 is 2.73 bits per heavy atom. The molecule has 0 unspecified atom stereocenters. The van der Waals surface area contributed by atoms with Crippen molar-refractivity contribution in [3.8, 4) is 0 Å². The van der Waals surface area contributed by atoms with Crippen molar-refractivity contribution in [2.75, 3.05) is 6.61 Å². The molecule has 0 spiro atoms. The van der Waals surface area contributed by atoms with Crippen molar-refractivity contribution in [2.45, 2.75) is 39.2 Å². The van der Waals surface area contributed by atoms with Crippen LogP contribution < -0.4 is 0 Å². The van der Waals surface area contributed by atoms with Crippen molar-refractivity contribution in [1.29, 1.82) is 0 Å². The summed E-state index contributed by atoms with van der Waals surface area (Å²) < 4.78 is 4.61. The minimum Gasteiger partial charge on any atom is -0.463 e. The fourth-order valence-electron chi connectivity index (χ4n) is 0.737. The van der Waals surface area contributed by atoms with Crippen LogP contribution in [0.15, 0.2) is 0 Å². The largest absolute Gasteiger partial charge is 0.463 e. The SMILES string of the molecule is CCCC[C@@H](O)COC(C)=O. The van der Waals surface area contributed by atoms with Gasteiger partial charge in [-0.15, -0.1) is 0 Å². The van der Waals surface area contributed by atoms with E-state index in [2.05, 4.69) is 11.7 Å². The molecule has 0 heterocycles. The Balaban J connectivity index is 3.22. The van der Waals surface area contributed by atoms with Crippen LogP contribution in [0.4, 0.5) is 0 Å². The highest BCUT2D eigenvalue weighted by atomic mass is 16.5. The van der Waals surface area contributed by atoms with Crippen LogP contribution in [-0.4, -0.2) is 23.8 Å². The maximum atomic E-state index is 10.3. The summed E-state index contributed by atoms with van der Waals surface area (Å²) in [6.07, 6.45) is 2.25. The Bertz CT molecular complexity index is 112. The van der Waals surface area contributed by atoms with Gasteiger partial charge < -0.3 is 9.84 Å². The number of hydrogen-bond donors (Lipinski definition) is 1. The van der Waals surface area contributed by atoms with Gasteiger partial charge >= 0.3 is 5.97 Å². The van der Waals surface area contributed by atoms with E-state index >= 15 is 0 Å². The fraction of sp³-hybridized carbons (Fsp3) is 0.875. The van der Waals surface area contributed by atoms with Crippen molar-refractivity contribution in [2.24, 2.45) is 0 Å². The second-order valence-corrected chi connectivity index (χ2v) is 2.60. The first-order chi connectivity index (χ1) is 5.16. The first-order valence-electron chi connectivity index (χ1n) is 3.98. The number of hydrogen-bond acceptors (Lipinski definition) is 3. The predicted molar refractivity (Wildman–Crippen MR) is 42.2 cm³/mol. The quantitative estimate of drug-likeness (QED) is 0.612. The zero-order chi connectivity index (χ0) is 8.69. The number of carbonyl (C=O) groups is 1. The van der Waals surface area contributed by atoms with E-state index in [1.54, 1.807) is 0 Å². The van der Waals surface area contributed by atoms with E-state index in [0.717, 1.165) is 12.8 Å². The molecule has 0 aromatic heterocycles. The highest BCUT2D eigenvalue weighted by Gasteiger charge is 2.04. The maximum Gasteiger partial charge on any atom is 0.302 e. The van der Waals surface area contributed by atoms with Gasteiger partial charge in [-0.1, -0.05) is 19.8 Å². The topological polar surface area (TPSA) is 46.5 Å². The molecule has 0 rings (SSSR count). The molecule has 1 atom stereocenters. The van der Waals surface area contributed by atoms with Crippen LogP contribution in [0.1, 0.15) is 33.1 Å². The minimum absolute atomic E-state index is 0.134. The van der Waals surface area contributed by atoms with Gasteiger partial charge in [0.2, 0.25) is 0 Å². The summed E-state index contributed by atoms with van der Waals surface area (Å²) in [6.45, 7) is 3.53. The summed E-state index contributed by atoms with van der Waals surface area (Å²) in [6, 6.07) is 0. The van der Waals surface area contributed by atoms with E-state index < -0.39 is 6.10 Å². The zero-order valence-corrected chi connectivity index (χ0v) is 7.17. The van der Waals surface area contributed by atoms with Crippen LogP contribution in [0.25, 0.3) is 0 Å². The third kappa shape index (κ3) is 7.33. The Kier molecular flexibility index (Phi) is 5.84. The van der Waals surface area contributed by atoms with Gasteiger partial charge in [-0.05, 0) is 6.42 Å². The summed E-state index contributed by atoms with van der Waals surface area (Å²) >= 11 is 0. The van der Waals surface area contributed by atoms with E-state index in [0.29, 0.717) is 6.42 Å². The summed E-state index contributed by atoms with van der Waals surface area (Å²) in [4.78, 5) is 10.3. The summed E-state index contributed by atoms with van der Waals surface area (Å²) in [5, 5.41) is 9.15. The van der Waals surface area contributed by atoms with Gasteiger partial charge in [0, 0.05) is 6.92 Å². The zero-order valence-electron chi connectivity index (χ0n) is 7.17. The number of ether oxygens (including phenoxy) is 1. The van der Waals surface area contributed by atoms with Gasteiger partial charge in [0.1, 0.15) is 6.61 Å². The molecule has 3 nitrogen and oxygen atoms in total. The number of aliphatic hydroxyl groups excluding tert-OH is 1. The molecule has 0 aromatic carbocycles. The third-order valence-electron chi connectivity index (χ3n) is 1.37. The molecule has 0 saturated heterocycles. The van der Waals surface area contributed by atoms with Crippen LogP contribution in [-0.2, 0) is 9.53 Å². The van der Waals surface area contributed by atoms with E-state index in [1.807, 2.05) is 0 Å². The lowest BCUT2D eigenvalue weighted by molar-refractivity contribution is -0.144. The van der Waals surface area contributed by atoms with E-state index in [4.69, 9.17) is 5.11 Å². The van der Waals surface area contributed by atoms with Gasteiger partial charge in [-0.2, -0.15) is 0 Å². The molecular weight excluding hydrogens is 144 g/mol. The monoisotopic (exact) mass is 160 g/mol. The molecular formula is C8H16O3. The van der Waals surface area contributed by atoms with Crippen LogP contribution in [0, 0.1) is 0 Å². The van der Waals surface area contributed by atoms with Crippen LogP contribution in [0.5, 0.6) is 0 Å². The van der Waals surface area contributed by atoms with Crippen molar-refractivity contribution in [3.63, 3.8) is 0 Å². The van der Waals surface area contributed by atoms with Crippen LogP contribution in [0.2, 0.25) is 0 Å². The van der Waals surface area contributed by atoms with E-state index in [1.165, 1.54) is 6.92 Å². The Morgan fingerprint density at radius 1 is 1.64 bits per heavy atom. The average molecular weight is 160 g/mol. The van der Waals surface area contributed by atoms with Crippen LogP contribution in [0.3, 0.4) is 0 Å². The third-order valence-corrected chi connectivity index (χ3v) is 1.37. The molecule has 0 aliphatic heterocycles.